The lowest BCUT2D eigenvalue weighted by Gasteiger charge is -2.01. The van der Waals surface area contributed by atoms with E-state index in [1.165, 1.54) is 0 Å². The molecular weight excluding hydrogens is 248 g/mol. The Balaban J connectivity index is 1.94. The van der Waals surface area contributed by atoms with Crippen LogP contribution in [0, 0.1) is 0 Å². The van der Waals surface area contributed by atoms with E-state index >= 15 is 0 Å². The number of furan rings is 1. The minimum absolute atomic E-state index is 0.276. The van der Waals surface area contributed by atoms with Gasteiger partial charge in [0.25, 0.3) is 0 Å². The summed E-state index contributed by atoms with van der Waals surface area (Å²) in [6.45, 7) is 0. The number of hydrogen-bond acceptors (Lipinski definition) is 2. The zero-order valence-corrected chi connectivity index (χ0v) is 10.7. The number of aromatic hydroxyl groups is 1. The minimum atomic E-state index is 0.276. The number of fused-ring (bicyclic) bond motifs is 3. The maximum atomic E-state index is 9.35. The van der Waals surface area contributed by atoms with E-state index in [9.17, 15) is 5.11 Å². The Bertz CT molecular complexity index is 902. The molecule has 1 N–H and O–H groups in total. The third kappa shape index (κ3) is 1.66. The molecule has 96 valence electrons. The maximum absolute atomic E-state index is 9.35. The first kappa shape index (κ1) is 11.1. The van der Waals surface area contributed by atoms with Gasteiger partial charge >= 0.3 is 0 Å². The number of hydrogen-bond donors (Lipinski definition) is 1. The highest BCUT2D eigenvalue weighted by atomic mass is 16.3. The fourth-order valence-electron chi connectivity index (χ4n) is 2.56. The molecule has 2 heteroatoms. The van der Waals surface area contributed by atoms with Crippen LogP contribution in [0.1, 0.15) is 0 Å². The molecule has 4 rings (SSSR count). The van der Waals surface area contributed by atoms with E-state index in [1.54, 1.807) is 12.1 Å². The monoisotopic (exact) mass is 260 g/mol. The Labute approximate surface area is 115 Å². The standard InChI is InChI=1S/C18H12O2/c19-14-8-5-12(6-9-14)13-7-10-16-15-3-1-2-4-17(15)20-18(16)11-13/h1-11,19H. The minimum Gasteiger partial charge on any atom is -0.508 e. The van der Waals surface area contributed by atoms with E-state index < -0.39 is 0 Å². The number of phenols is 1. The summed E-state index contributed by atoms with van der Waals surface area (Å²) in [6, 6.07) is 21.4. The second-order valence-electron chi connectivity index (χ2n) is 4.86. The van der Waals surface area contributed by atoms with Crippen molar-refractivity contribution in [3.63, 3.8) is 0 Å². The zero-order valence-electron chi connectivity index (χ0n) is 10.7. The molecular formula is C18H12O2. The van der Waals surface area contributed by atoms with Gasteiger partial charge in [-0.1, -0.05) is 36.4 Å². The van der Waals surface area contributed by atoms with Gasteiger partial charge < -0.3 is 9.52 Å². The van der Waals surface area contributed by atoms with Crippen LogP contribution in [0.4, 0.5) is 0 Å². The van der Waals surface area contributed by atoms with Crippen molar-refractivity contribution in [2.24, 2.45) is 0 Å². The Morgan fingerprint density at radius 1 is 0.650 bits per heavy atom. The summed E-state index contributed by atoms with van der Waals surface area (Å²) in [5.41, 5.74) is 3.93. The molecule has 0 unspecified atom stereocenters. The second-order valence-corrected chi connectivity index (χ2v) is 4.86. The average molecular weight is 260 g/mol. The molecule has 0 saturated heterocycles. The van der Waals surface area contributed by atoms with Crippen molar-refractivity contribution in [2.45, 2.75) is 0 Å². The van der Waals surface area contributed by atoms with E-state index in [2.05, 4.69) is 18.2 Å². The van der Waals surface area contributed by atoms with Crippen LogP contribution in [0.2, 0.25) is 0 Å². The first-order valence-corrected chi connectivity index (χ1v) is 6.52. The smallest absolute Gasteiger partial charge is 0.136 e. The lowest BCUT2D eigenvalue weighted by atomic mass is 10.0. The van der Waals surface area contributed by atoms with Crippen molar-refractivity contribution < 1.29 is 9.52 Å². The summed E-state index contributed by atoms with van der Waals surface area (Å²) < 4.78 is 5.89. The normalized spacial score (nSPS) is 11.2. The Hall–Kier alpha value is -2.74. The fourth-order valence-corrected chi connectivity index (χ4v) is 2.56. The van der Waals surface area contributed by atoms with Crippen LogP contribution in [0.3, 0.4) is 0 Å². The zero-order chi connectivity index (χ0) is 13.5. The van der Waals surface area contributed by atoms with E-state index in [-0.39, 0.29) is 5.75 Å². The fraction of sp³-hybridized carbons (Fsp3) is 0. The Morgan fingerprint density at radius 2 is 1.35 bits per heavy atom. The lowest BCUT2D eigenvalue weighted by Crippen LogP contribution is -1.76. The van der Waals surface area contributed by atoms with E-state index in [0.717, 1.165) is 33.1 Å². The molecule has 0 fully saturated rings. The summed E-state index contributed by atoms with van der Waals surface area (Å²) >= 11 is 0. The van der Waals surface area contributed by atoms with Gasteiger partial charge in [0.2, 0.25) is 0 Å². The number of benzene rings is 3. The maximum Gasteiger partial charge on any atom is 0.136 e. The third-order valence-electron chi connectivity index (χ3n) is 3.58. The van der Waals surface area contributed by atoms with Gasteiger partial charge in [-0.15, -0.1) is 0 Å². The van der Waals surface area contributed by atoms with Crippen molar-refractivity contribution in [1.29, 1.82) is 0 Å². The number of rotatable bonds is 1. The van der Waals surface area contributed by atoms with E-state index in [1.807, 2.05) is 36.4 Å². The highest BCUT2D eigenvalue weighted by Crippen LogP contribution is 2.32. The van der Waals surface area contributed by atoms with E-state index in [4.69, 9.17) is 4.42 Å². The quantitative estimate of drug-likeness (QED) is 0.525. The van der Waals surface area contributed by atoms with Crippen LogP contribution in [0.25, 0.3) is 33.1 Å². The Morgan fingerprint density at radius 3 is 2.20 bits per heavy atom. The second kappa shape index (κ2) is 4.14. The van der Waals surface area contributed by atoms with Gasteiger partial charge in [0, 0.05) is 10.8 Å². The van der Waals surface area contributed by atoms with Gasteiger partial charge in [0.15, 0.2) is 0 Å². The molecule has 4 aromatic rings. The molecule has 20 heavy (non-hydrogen) atoms. The highest BCUT2D eigenvalue weighted by molar-refractivity contribution is 6.05. The molecule has 1 heterocycles. The molecule has 0 amide bonds. The molecule has 1 aromatic heterocycles. The van der Waals surface area contributed by atoms with Crippen LogP contribution >= 0.6 is 0 Å². The van der Waals surface area contributed by atoms with Crippen molar-refractivity contribution in [3.05, 3.63) is 66.7 Å². The Kier molecular flexibility index (Phi) is 2.30. The lowest BCUT2D eigenvalue weighted by molar-refractivity contribution is 0.475. The molecule has 2 nitrogen and oxygen atoms in total. The topological polar surface area (TPSA) is 33.4 Å². The summed E-state index contributed by atoms with van der Waals surface area (Å²) in [7, 11) is 0. The molecule has 0 aliphatic carbocycles. The molecule has 0 spiro atoms. The largest absolute Gasteiger partial charge is 0.508 e. The molecule has 0 atom stereocenters. The SMILES string of the molecule is Oc1ccc(-c2ccc3c(c2)oc2ccccc23)cc1. The molecule has 0 radical (unpaired) electrons. The van der Waals surface area contributed by atoms with Crippen molar-refractivity contribution in [1.82, 2.24) is 0 Å². The number of para-hydroxylation sites is 1. The van der Waals surface area contributed by atoms with E-state index in [0.29, 0.717) is 0 Å². The van der Waals surface area contributed by atoms with Crippen molar-refractivity contribution in [3.8, 4) is 16.9 Å². The molecule has 0 saturated carbocycles. The van der Waals surface area contributed by atoms with Crippen LogP contribution in [0.15, 0.2) is 71.1 Å². The van der Waals surface area contributed by atoms with Crippen LogP contribution < -0.4 is 0 Å². The summed E-state index contributed by atoms with van der Waals surface area (Å²) in [4.78, 5) is 0. The first-order valence-electron chi connectivity index (χ1n) is 6.52. The van der Waals surface area contributed by atoms with Gasteiger partial charge in [0.05, 0.1) is 0 Å². The summed E-state index contributed by atoms with van der Waals surface area (Å²) in [5, 5.41) is 11.6. The summed E-state index contributed by atoms with van der Waals surface area (Å²) in [6.07, 6.45) is 0. The third-order valence-corrected chi connectivity index (χ3v) is 3.58. The first-order chi connectivity index (χ1) is 9.81. The van der Waals surface area contributed by atoms with Crippen molar-refractivity contribution in [2.75, 3.05) is 0 Å². The van der Waals surface area contributed by atoms with Crippen LogP contribution in [-0.2, 0) is 0 Å². The highest BCUT2D eigenvalue weighted by Gasteiger charge is 2.07. The summed E-state index contributed by atoms with van der Waals surface area (Å²) in [5.74, 6) is 0.276. The van der Waals surface area contributed by atoms with Gasteiger partial charge in [-0.3, -0.25) is 0 Å². The molecule has 3 aromatic carbocycles. The van der Waals surface area contributed by atoms with Gasteiger partial charge in [0.1, 0.15) is 16.9 Å². The van der Waals surface area contributed by atoms with Crippen LogP contribution in [0.5, 0.6) is 5.75 Å². The molecule has 0 aliphatic heterocycles. The molecule has 0 aliphatic rings. The number of phenolic OH excluding ortho intramolecular Hbond substituents is 1. The van der Waals surface area contributed by atoms with Gasteiger partial charge in [-0.05, 0) is 41.5 Å². The molecule has 0 bridgehead atoms. The van der Waals surface area contributed by atoms with Gasteiger partial charge in [-0.2, -0.15) is 0 Å². The predicted octanol–water partition coefficient (Wildman–Crippen LogP) is 4.96. The predicted molar refractivity (Wildman–Crippen MR) is 80.8 cm³/mol. The van der Waals surface area contributed by atoms with Gasteiger partial charge in [-0.25, -0.2) is 0 Å². The van der Waals surface area contributed by atoms with Crippen molar-refractivity contribution >= 4 is 21.9 Å². The average Bonchev–Trinajstić information content (AvgIpc) is 2.85. The van der Waals surface area contributed by atoms with Crippen LogP contribution in [-0.4, -0.2) is 5.11 Å².